The molecular weight excluding hydrogens is 302 g/mol. The molecule has 0 aliphatic heterocycles. The standard InChI is InChI=1S/C18H25N5O/c1-14(24)21-12-18(15-6-4-3-5-7-15)10-8-16(9-11-18)23-17(20-2)22-13-19/h3-7,16H,8-12H2,1-2H3,(H,21,24)(H2,20,22,23). The molecule has 1 amide bonds. The van der Waals surface area contributed by atoms with E-state index < -0.39 is 0 Å². The summed E-state index contributed by atoms with van der Waals surface area (Å²) in [5.41, 5.74) is 1.24. The normalized spacial score (nSPS) is 23.9. The van der Waals surface area contributed by atoms with Crippen molar-refractivity contribution in [3.8, 4) is 6.19 Å². The Morgan fingerprint density at radius 2 is 2.00 bits per heavy atom. The minimum atomic E-state index is -0.0305. The van der Waals surface area contributed by atoms with Crippen LogP contribution in [0.3, 0.4) is 0 Å². The SMILES string of the molecule is CN=C(NC#N)NC1CCC(CNC(C)=O)(c2ccccc2)CC1. The van der Waals surface area contributed by atoms with Gasteiger partial charge in [-0.1, -0.05) is 30.3 Å². The van der Waals surface area contributed by atoms with Gasteiger partial charge in [-0.25, -0.2) is 0 Å². The number of benzene rings is 1. The molecule has 0 saturated heterocycles. The first-order valence-electron chi connectivity index (χ1n) is 8.28. The molecule has 24 heavy (non-hydrogen) atoms. The number of guanidine groups is 1. The van der Waals surface area contributed by atoms with Crippen LogP contribution in [0, 0.1) is 11.5 Å². The van der Waals surface area contributed by atoms with E-state index in [2.05, 4.69) is 33.1 Å². The van der Waals surface area contributed by atoms with Gasteiger partial charge in [-0.15, -0.1) is 0 Å². The van der Waals surface area contributed by atoms with Crippen LogP contribution in [0.1, 0.15) is 38.2 Å². The second-order valence-electron chi connectivity index (χ2n) is 6.28. The van der Waals surface area contributed by atoms with E-state index in [0.29, 0.717) is 12.5 Å². The lowest BCUT2D eigenvalue weighted by molar-refractivity contribution is -0.119. The predicted octanol–water partition coefficient (Wildman–Crippen LogP) is 1.65. The second kappa shape index (κ2) is 8.34. The number of rotatable bonds is 4. The van der Waals surface area contributed by atoms with Gasteiger partial charge in [0.15, 0.2) is 6.19 Å². The van der Waals surface area contributed by atoms with E-state index >= 15 is 0 Å². The molecule has 0 unspecified atom stereocenters. The molecule has 0 heterocycles. The first-order chi connectivity index (χ1) is 11.6. The largest absolute Gasteiger partial charge is 0.355 e. The van der Waals surface area contributed by atoms with Crippen molar-refractivity contribution in [1.82, 2.24) is 16.0 Å². The van der Waals surface area contributed by atoms with Crippen molar-refractivity contribution in [2.75, 3.05) is 13.6 Å². The van der Waals surface area contributed by atoms with Crippen molar-refractivity contribution in [3.63, 3.8) is 0 Å². The average molecular weight is 327 g/mol. The molecular formula is C18H25N5O. The highest BCUT2D eigenvalue weighted by Gasteiger charge is 2.37. The van der Waals surface area contributed by atoms with Crippen molar-refractivity contribution in [2.45, 2.75) is 44.1 Å². The number of amides is 1. The minimum absolute atomic E-state index is 0.00387. The Morgan fingerprint density at radius 3 is 2.54 bits per heavy atom. The van der Waals surface area contributed by atoms with Crippen LogP contribution in [-0.4, -0.2) is 31.5 Å². The fourth-order valence-electron chi connectivity index (χ4n) is 3.37. The molecule has 0 bridgehead atoms. The summed E-state index contributed by atoms with van der Waals surface area (Å²) in [7, 11) is 1.65. The minimum Gasteiger partial charge on any atom is -0.355 e. The van der Waals surface area contributed by atoms with Gasteiger partial charge in [0, 0.05) is 32.0 Å². The van der Waals surface area contributed by atoms with Crippen molar-refractivity contribution in [3.05, 3.63) is 35.9 Å². The number of nitriles is 1. The number of nitrogens with one attached hydrogen (secondary N) is 3. The van der Waals surface area contributed by atoms with Crippen LogP contribution in [0.4, 0.5) is 0 Å². The Hall–Kier alpha value is -2.55. The summed E-state index contributed by atoms with van der Waals surface area (Å²) in [6.45, 7) is 2.22. The lowest BCUT2D eigenvalue weighted by Gasteiger charge is -2.41. The van der Waals surface area contributed by atoms with Gasteiger partial charge >= 0.3 is 0 Å². The third-order valence-corrected chi connectivity index (χ3v) is 4.74. The van der Waals surface area contributed by atoms with Crippen LogP contribution in [-0.2, 0) is 10.2 Å². The van der Waals surface area contributed by atoms with Crippen molar-refractivity contribution in [2.24, 2.45) is 4.99 Å². The summed E-state index contributed by atoms with van der Waals surface area (Å²) in [6.07, 6.45) is 5.75. The summed E-state index contributed by atoms with van der Waals surface area (Å²) >= 11 is 0. The molecule has 2 rings (SSSR count). The Kier molecular flexibility index (Phi) is 6.19. The van der Waals surface area contributed by atoms with Crippen molar-refractivity contribution in [1.29, 1.82) is 5.26 Å². The molecule has 1 aliphatic carbocycles. The maximum absolute atomic E-state index is 11.4. The Morgan fingerprint density at radius 1 is 1.33 bits per heavy atom. The molecule has 1 aromatic rings. The van der Waals surface area contributed by atoms with E-state index in [4.69, 9.17) is 5.26 Å². The van der Waals surface area contributed by atoms with Crippen LogP contribution < -0.4 is 16.0 Å². The van der Waals surface area contributed by atoms with Gasteiger partial charge in [0.2, 0.25) is 11.9 Å². The number of carbonyl (C=O) groups excluding carboxylic acids is 1. The smallest absolute Gasteiger partial charge is 0.216 e. The first kappa shape index (κ1) is 17.8. The molecule has 0 radical (unpaired) electrons. The molecule has 1 saturated carbocycles. The van der Waals surface area contributed by atoms with Gasteiger partial charge in [0.1, 0.15) is 0 Å². The third-order valence-electron chi connectivity index (χ3n) is 4.74. The molecule has 1 aromatic carbocycles. The molecule has 1 fully saturated rings. The maximum atomic E-state index is 11.4. The fourth-order valence-corrected chi connectivity index (χ4v) is 3.37. The van der Waals surface area contributed by atoms with E-state index in [0.717, 1.165) is 25.7 Å². The summed E-state index contributed by atoms with van der Waals surface area (Å²) in [6, 6.07) is 10.7. The lowest BCUT2D eigenvalue weighted by Crippen LogP contribution is -2.49. The molecule has 6 heteroatoms. The van der Waals surface area contributed by atoms with E-state index in [-0.39, 0.29) is 17.4 Å². The summed E-state index contributed by atoms with van der Waals surface area (Å²) < 4.78 is 0. The summed E-state index contributed by atoms with van der Waals surface area (Å²) in [5.74, 6) is 0.515. The number of aliphatic imine (C=N–C) groups is 1. The van der Waals surface area contributed by atoms with E-state index in [1.54, 1.807) is 14.0 Å². The van der Waals surface area contributed by atoms with Gasteiger partial charge in [-0.05, 0) is 31.2 Å². The molecule has 0 aromatic heterocycles. The Labute approximate surface area is 143 Å². The molecule has 1 aliphatic rings. The number of hydrogen-bond donors (Lipinski definition) is 3. The number of nitrogens with zero attached hydrogens (tertiary/aromatic N) is 2. The van der Waals surface area contributed by atoms with Gasteiger partial charge in [-0.3, -0.25) is 15.1 Å². The highest BCUT2D eigenvalue weighted by atomic mass is 16.1. The quantitative estimate of drug-likeness (QED) is 0.339. The third kappa shape index (κ3) is 4.48. The number of hydrogen-bond acceptors (Lipinski definition) is 3. The second-order valence-corrected chi connectivity index (χ2v) is 6.28. The van der Waals surface area contributed by atoms with Gasteiger partial charge in [0.25, 0.3) is 0 Å². The molecule has 6 nitrogen and oxygen atoms in total. The fraction of sp³-hybridized carbons (Fsp3) is 0.500. The molecule has 0 spiro atoms. The average Bonchev–Trinajstić information content (AvgIpc) is 2.61. The Balaban J connectivity index is 2.07. The van der Waals surface area contributed by atoms with Crippen molar-refractivity contribution >= 4 is 11.9 Å². The van der Waals surface area contributed by atoms with E-state index in [1.807, 2.05) is 24.4 Å². The van der Waals surface area contributed by atoms with E-state index in [1.165, 1.54) is 5.56 Å². The highest BCUT2D eigenvalue weighted by Crippen LogP contribution is 2.39. The topological polar surface area (TPSA) is 89.3 Å². The molecule has 0 atom stereocenters. The predicted molar refractivity (Wildman–Crippen MR) is 94.3 cm³/mol. The summed E-state index contributed by atoms with van der Waals surface area (Å²) in [5, 5.41) is 17.6. The van der Waals surface area contributed by atoms with E-state index in [9.17, 15) is 4.79 Å². The van der Waals surface area contributed by atoms with Crippen LogP contribution >= 0.6 is 0 Å². The zero-order valence-corrected chi connectivity index (χ0v) is 14.3. The summed E-state index contributed by atoms with van der Waals surface area (Å²) in [4.78, 5) is 15.4. The Bertz CT molecular complexity index is 612. The molecule has 3 N–H and O–H groups in total. The van der Waals surface area contributed by atoms with Gasteiger partial charge in [0.05, 0.1) is 0 Å². The van der Waals surface area contributed by atoms with Crippen LogP contribution in [0.2, 0.25) is 0 Å². The molecule has 128 valence electrons. The zero-order valence-electron chi connectivity index (χ0n) is 14.3. The zero-order chi connectivity index (χ0) is 17.4. The van der Waals surface area contributed by atoms with Crippen LogP contribution in [0.5, 0.6) is 0 Å². The highest BCUT2D eigenvalue weighted by molar-refractivity contribution is 5.81. The lowest BCUT2D eigenvalue weighted by atomic mass is 9.68. The van der Waals surface area contributed by atoms with Crippen LogP contribution in [0.15, 0.2) is 35.3 Å². The van der Waals surface area contributed by atoms with Crippen molar-refractivity contribution < 1.29 is 4.79 Å². The maximum Gasteiger partial charge on any atom is 0.216 e. The van der Waals surface area contributed by atoms with Gasteiger partial charge in [-0.2, -0.15) is 5.26 Å². The number of carbonyl (C=O) groups is 1. The van der Waals surface area contributed by atoms with Crippen LogP contribution in [0.25, 0.3) is 0 Å². The monoisotopic (exact) mass is 327 g/mol. The first-order valence-corrected chi connectivity index (χ1v) is 8.28. The van der Waals surface area contributed by atoms with Gasteiger partial charge < -0.3 is 10.6 Å².